The van der Waals surface area contributed by atoms with Gasteiger partial charge >= 0.3 is 0 Å². The molecule has 0 unspecified atom stereocenters. The zero-order valence-electron chi connectivity index (χ0n) is 18.6. The number of aromatic nitrogens is 2. The molecule has 0 spiro atoms. The number of thioether (sulfide) groups is 1. The van der Waals surface area contributed by atoms with E-state index in [0.29, 0.717) is 23.0 Å². The quantitative estimate of drug-likeness (QED) is 0.325. The molecule has 0 fully saturated rings. The van der Waals surface area contributed by atoms with Crippen LogP contribution < -0.4 is 15.4 Å². The summed E-state index contributed by atoms with van der Waals surface area (Å²) in [6.07, 6.45) is 3.48. The van der Waals surface area contributed by atoms with Crippen LogP contribution in [0.3, 0.4) is 0 Å². The van der Waals surface area contributed by atoms with Crippen molar-refractivity contribution in [3.63, 3.8) is 0 Å². The summed E-state index contributed by atoms with van der Waals surface area (Å²) in [5.74, 6) is 0.617. The molecular weight excluding hydrogens is 448 g/mol. The first-order valence-corrected chi connectivity index (χ1v) is 11.8. The highest BCUT2D eigenvalue weighted by molar-refractivity contribution is 7.99. The number of amides is 2. The Morgan fingerprint density at radius 1 is 0.941 bits per heavy atom. The SMILES string of the molecule is CCOc1ccc(NC(=O)CSc2nccn2-c2cccc(C(=O)Nc3ccccc3)c2)cc1. The maximum absolute atomic E-state index is 12.7. The van der Waals surface area contributed by atoms with Crippen LogP contribution in [0.2, 0.25) is 0 Å². The number of hydrogen-bond donors (Lipinski definition) is 2. The Morgan fingerprint density at radius 2 is 1.71 bits per heavy atom. The largest absolute Gasteiger partial charge is 0.494 e. The zero-order chi connectivity index (χ0) is 23.8. The normalized spacial score (nSPS) is 10.5. The van der Waals surface area contributed by atoms with Crippen molar-refractivity contribution in [3.8, 4) is 11.4 Å². The van der Waals surface area contributed by atoms with Crippen molar-refractivity contribution in [1.29, 1.82) is 0 Å². The van der Waals surface area contributed by atoms with E-state index >= 15 is 0 Å². The Balaban J connectivity index is 1.39. The Labute approximate surface area is 202 Å². The molecule has 1 heterocycles. The molecule has 3 aromatic carbocycles. The van der Waals surface area contributed by atoms with Gasteiger partial charge in [-0.25, -0.2) is 4.98 Å². The summed E-state index contributed by atoms with van der Waals surface area (Å²) >= 11 is 1.32. The van der Waals surface area contributed by atoms with Crippen LogP contribution in [0.15, 0.2) is 96.4 Å². The number of nitrogens with one attached hydrogen (secondary N) is 2. The van der Waals surface area contributed by atoms with Gasteiger partial charge in [0.15, 0.2) is 5.16 Å². The van der Waals surface area contributed by atoms with Crippen molar-refractivity contribution in [3.05, 3.63) is 96.8 Å². The van der Waals surface area contributed by atoms with Gasteiger partial charge in [-0.3, -0.25) is 14.2 Å². The number of para-hydroxylation sites is 1. The number of carbonyl (C=O) groups excluding carboxylic acids is 2. The fourth-order valence-corrected chi connectivity index (χ4v) is 4.02. The molecule has 2 amide bonds. The van der Waals surface area contributed by atoms with Crippen LogP contribution in [0.25, 0.3) is 5.69 Å². The highest BCUT2D eigenvalue weighted by Crippen LogP contribution is 2.22. The molecule has 0 aliphatic carbocycles. The minimum absolute atomic E-state index is 0.139. The molecule has 0 atom stereocenters. The lowest BCUT2D eigenvalue weighted by molar-refractivity contribution is -0.113. The van der Waals surface area contributed by atoms with Crippen LogP contribution in [0, 0.1) is 0 Å². The Hall–Kier alpha value is -4.04. The van der Waals surface area contributed by atoms with Crippen molar-refractivity contribution in [2.75, 3.05) is 23.0 Å². The van der Waals surface area contributed by atoms with E-state index in [0.717, 1.165) is 17.1 Å². The first-order valence-electron chi connectivity index (χ1n) is 10.8. The average molecular weight is 473 g/mol. The number of nitrogens with zero attached hydrogens (tertiary/aromatic N) is 2. The van der Waals surface area contributed by atoms with E-state index in [1.54, 1.807) is 36.7 Å². The predicted octanol–water partition coefficient (Wildman–Crippen LogP) is 5.25. The molecule has 8 heteroatoms. The zero-order valence-corrected chi connectivity index (χ0v) is 19.4. The molecule has 0 radical (unpaired) electrons. The molecule has 2 N–H and O–H groups in total. The van der Waals surface area contributed by atoms with Crippen molar-refractivity contribution in [1.82, 2.24) is 9.55 Å². The first kappa shape index (κ1) is 23.1. The molecular formula is C26H24N4O3S. The topological polar surface area (TPSA) is 85.2 Å². The fraction of sp³-hybridized carbons (Fsp3) is 0.115. The van der Waals surface area contributed by atoms with Gasteiger partial charge in [0.25, 0.3) is 5.91 Å². The second kappa shape index (κ2) is 11.2. The molecule has 7 nitrogen and oxygen atoms in total. The van der Waals surface area contributed by atoms with E-state index in [4.69, 9.17) is 4.74 Å². The van der Waals surface area contributed by atoms with Crippen LogP contribution in [-0.4, -0.2) is 33.7 Å². The Morgan fingerprint density at radius 3 is 2.47 bits per heavy atom. The third kappa shape index (κ3) is 6.05. The standard InChI is InChI=1S/C26H24N4O3S/c1-2-33-23-13-11-21(12-14-23)28-24(31)18-34-26-27-15-16-30(26)22-10-6-7-19(17-22)25(32)29-20-8-4-3-5-9-20/h3-17H,2,18H2,1H3,(H,28,31)(H,29,32). The summed E-state index contributed by atoms with van der Waals surface area (Å²) in [7, 11) is 0. The third-order valence-corrected chi connectivity index (χ3v) is 5.77. The van der Waals surface area contributed by atoms with Gasteiger partial charge in [0, 0.05) is 35.0 Å². The van der Waals surface area contributed by atoms with E-state index in [1.165, 1.54) is 11.8 Å². The van der Waals surface area contributed by atoms with Gasteiger partial charge in [-0.2, -0.15) is 0 Å². The maximum atomic E-state index is 12.7. The third-order valence-electron chi connectivity index (χ3n) is 4.81. The summed E-state index contributed by atoms with van der Waals surface area (Å²) in [6, 6.07) is 23.8. The number of ether oxygens (including phenoxy) is 1. The van der Waals surface area contributed by atoms with Gasteiger partial charge in [-0.1, -0.05) is 36.0 Å². The Bertz CT molecular complexity index is 1260. The summed E-state index contributed by atoms with van der Waals surface area (Å²) in [5, 5.41) is 6.42. The smallest absolute Gasteiger partial charge is 0.255 e. The number of benzene rings is 3. The van der Waals surface area contributed by atoms with Crippen LogP contribution in [0.5, 0.6) is 5.75 Å². The molecule has 0 aliphatic rings. The molecule has 1 aromatic heterocycles. The van der Waals surface area contributed by atoms with Gasteiger partial charge in [0.2, 0.25) is 5.91 Å². The summed E-state index contributed by atoms with van der Waals surface area (Å²) in [5.41, 5.74) is 2.75. The van der Waals surface area contributed by atoms with E-state index in [1.807, 2.05) is 66.1 Å². The summed E-state index contributed by atoms with van der Waals surface area (Å²) in [4.78, 5) is 29.5. The summed E-state index contributed by atoms with van der Waals surface area (Å²) in [6.45, 7) is 2.52. The van der Waals surface area contributed by atoms with Gasteiger partial charge < -0.3 is 15.4 Å². The Kier molecular flexibility index (Phi) is 7.62. The van der Waals surface area contributed by atoms with Gasteiger partial charge in [0.1, 0.15) is 5.75 Å². The van der Waals surface area contributed by atoms with Gasteiger partial charge in [-0.05, 0) is 61.5 Å². The minimum atomic E-state index is -0.197. The number of imidazole rings is 1. The van der Waals surface area contributed by atoms with Gasteiger partial charge in [0.05, 0.1) is 12.4 Å². The second-order valence-electron chi connectivity index (χ2n) is 7.24. The molecule has 172 valence electrons. The van der Waals surface area contributed by atoms with Crippen molar-refractivity contribution in [2.24, 2.45) is 0 Å². The maximum Gasteiger partial charge on any atom is 0.255 e. The van der Waals surface area contributed by atoms with Crippen molar-refractivity contribution in [2.45, 2.75) is 12.1 Å². The monoisotopic (exact) mass is 472 g/mol. The van der Waals surface area contributed by atoms with E-state index in [9.17, 15) is 9.59 Å². The predicted molar refractivity (Wildman–Crippen MR) is 135 cm³/mol. The van der Waals surface area contributed by atoms with Crippen LogP contribution in [0.1, 0.15) is 17.3 Å². The molecule has 4 aromatic rings. The number of rotatable bonds is 9. The van der Waals surface area contributed by atoms with Crippen LogP contribution in [0.4, 0.5) is 11.4 Å². The summed E-state index contributed by atoms with van der Waals surface area (Å²) < 4.78 is 7.27. The van der Waals surface area contributed by atoms with E-state index in [-0.39, 0.29) is 17.6 Å². The van der Waals surface area contributed by atoms with Crippen molar-refractivity contribution < 1.29 is 14.3 Å². The lowest BCUT2D eigenvalue weighted by Gasteiger charge is -2.10. The van der Waals surface area contributed by atoms with Gasteiger partial charge in [-0.15, -0.1) is 0 Å². The molecule has 34 heavy (non-hydrogen) atoms. The highest BCUT2D eigenvalue weighted by atomic mass is 32.2. The minimum Gasteiger partial charge on any atom is -0.494 e. The average Bonchev–Trinajstić information content (AvgIpc) is 3.34. The molecule has 0 bridgehead atoms. The fourth-order valence-electron chi connectivity index (χ4n) is 3.24. The van der Waals surface area contributed by atoms with Crippen LogP contribution in [-0.2, 0) is 4.79 Å². The number of hydrogen-bond acceptors (Lipinski definition) is 5. The lowest BCUT2D eigenvalue weighted by Crippen LogP contribution is -2.14. The highest BCUT2D eigenvalue weighted by Gasteiger charge is 2.12. The molecule has 0 saturated heterocycles. The van der Waals surface area contributed by atoms with Crippen LogP contribution >= 0.6 is 11.8 Å². The lowest BCUT2D eigenvalue weighted by atomic mass is 10.2. The number of anilines is 2. The molecule has 4 rings (SSSR count). The van der Waals surface area contributed by atoms with E-state index < -0.39 is 0 Å². The van der Waals surface area contributed by atoms with Crippen molar-refractivity contribution >= 4 is 35.0 Å². The van der Waals surface area contributed by atoms with E-state index in [2.05, 4.69) is 15.6 Å². The second-order valence-corrected chi connectivity index (χ2v) is 8.19. The number of carbonyl (C=O) groups is 2. The molecule has 0 saturated carbocycles. The first-order chi connectivity index (χ1) is 16.6. The molecule has 0 aliphatic heterocycles.